The number of amides is 2. The molecule has 0 saturated carbocycles. The van der Waals surface area contributed by atoms with E-state index in [1.165, 1.54) is 24.1 Å². The summed E-state index contributed by atoms with van der Waals surface area (Å²) in [6.45, 7) is 5.10. The summed E-state index contributed by atoms with van der Waals surface area (Å²) in [5, 5.41) is 3.28. The average molecular weight is 665 g/mol. The Labute approximate surface area is 255 Å². The Balaban J connectivity index is 2.11. The van der Waals surface area contributed by atoms with Gasteiger partial charge >= 0.3 is 0 Å². The number of rotatable bonds is 11. The van der Waals surface area contributed by atoms with Gasteiger partial charge < -0.3 is 15.0 Å². The van der Waals surface area contributed by atoms with Crippen molar-refractivity contribution in [2.45, 2.75) is 45.3 Å². The molecule has 0 aromatic heterocycles. The molecule has 0 aliphatic rings. The Kier molecular flexibility index (Phi) is 10.9. The third-order valence-electron chi connectivity index (χ3n) is 6.12. The van der Waals surface area contributed by atoms with E-state index in [0.29, 0.717) is 0 Å². The van der Waals surface area contributed by atoms with Crippen molar-refractivity contribution < 1.29 is 22.7 Å². The van der Waals surface area contributed by atoms with Crippen LogP contribution in [-0.2, 0) is 32.6 Å². The van der Waals surface area contributed by atoms with Crippen LogP contribution in [0, 0.1) is 0 Å². The third kappa shape index (κ3) is 9.48. The lowest BCUT2D eigenvalue weighted by Gasteiger charge is -2.35. The first-order valence-corrected chi connectivity index (χ1v) is 15.9. The first kappa shape index (κ1) is 32.4. The number of carbonyl (C=O) groups is 2. The summed E-state index contributed by atoms with van der Waals surface area (Å²) >= 11 is 9.63. The fourth-order valence-corrected chi connectivity index (χ4v) is 5.52. The lowest BCUT2D eigenvalue weighted by Crippen LogP contribution is -2.56. The van der Waals surface area contributed by atoms with Crippen LogP contribution in [0.15, 0.2) is 77.3 Å². The maximum Gasteiger partial charge on any atom is 0.244 e. The molecule has 41 heavy (non-hydrogen) atoms. The van der Waals surface area contributed by atoms with E-state index in [-0.39, 0.29) is 35.3 Å². The van der Waals surface area contributed by atoms with Gasteiger partial charge in [-0.15, -0.1) is 0 Å². The van der Waals surface area contributed by atoms with Crippen molar-refractivity contribution in [1.82, 2.24) is 10.2 Å². The van der Waals surface area contributed by atoms with Crippen molar-refractivity contribution >= 4 is 55.1 Å². The van der Waals surface area contributed by atoms with E-state index in [4.69, 9.17) is 16.3 Å². The molecule has 8 nitrogen and oxygen atoms in total. The van der Waals surface area contributed by atoms with Crippen molar-refractivity contribution in [1.29, 1.82) is 0 Å². The van der Waals surface area contributed by atoms with Crippen LogP contribution in [0.4, 0.5) is 5.69 Å². The van der Waals surface area contributed by atoms with E-state index < -0.39 is 34.1 Å². The second kappa shape index (κ2) is 13.7. The molecule has 0 fully saturated rings. The van der Waals surface area contributed by atoms with Gasteiger partial charge in [0.15, 0.2) is 0 Å². The van der Waals surface area contributed by atoms with Crippen LogP contribution < -0.4 is 14.4 Å². The molecule has 0 aliphatic carbocycles. The number of benzene rings is 3. The number of halogens is 2. The van der Waals surface area contributed by atoms with Gasteiger partial charge in [-0.1, -0.05) is 70.0 Å². The molecule has 2 amide bonds. The highest BCUT2D eigenvalue weighted by molar-refractivity contribution is 9.10. The smallest absolute Gasteiger partial charge is 0.244 e. The summed E-state index contributed by atoms with van der Waals surface area (Å²) < 4.78 is 33.2. The van der Waals surface area contributed by atoms with Crippen LogP contribution in [0.5, 0.6) is 5.75 Å². The molecular weight excluding hydrogens is 630 g/mol. The van der Waals surface area contributed by atoms with Crippen LogP contribution in [0.3, 0.4) is 0 Å². The minimum absolute atomic E-state index is 0.0749. The van der Waals surface area contributed by atoms with Gasteiger partial charge in [-0.05, 0) is 62.2 Å². The number of anilines is 1. The predicted octanol–water partition coefficient (Wildman–Crippen LogP) is 5.43. The number of sulfonamides is 1. The molecule has 0 radical (unpaired) electrons. The normalized spacial score (nSPS) is 12.4. The SMILES string of the molecule is COc1ccc(Cl)cc1N(CC(=O)N(Cc1ccc(Br)cc1)C(Cc1ccccc1)C(=O)NC(C)(C)C)S(C)(=O)=O. The fraction of sp³-hybridized carbons (Fsp3) is 0.333. The largest absolute Gasteiger partial charge is 0.495 e. The van der Waals surface area contributed by atoms with Gasteiger partial charge in [0, 0.05) is 28.0 Å². The Bertz CT molecular complexity index is 1460. The van der Waals surface area contributed by atoms with E-state index >= 15 is 0 Å². The van der Waals surface area contributed by atoms with Crippen molar-refractivity contribution in [3.63, 3.8) is 0 Å². The molecule has 1 unspecified atom stereocenters. The molecule has 0 heterocycles. The molecule has 1 N–H and O–H groups in total. The summed E-state index contributed by atoms with van der Waals surface area (Å²) in [5.41, 5.74) is 1.19. The lowest BCUT2D eigenvalue weighted by molar-refractivity contribution is -0.140. The van der Waals surface area contributed by atoms with E-state index in [9.17, 15) is 18.0 Å². The van der Waals surface area contributed by atoms with Crippen LogP contribution in [0.1, 0.15) is 31.9 Å². The Morgan fingerprint density at radius 1 is 1.00 bits per heavy atom. The molecule has 11 heteroatoms. The molecule has 3 aromatic carbocycles. The standard InChI is InChI=1S/C30H35BrClN3O5S/c1-30(2,3)33-29(37)26(17-21-9-7-6-8-10-21)34(19-22-11-13-23(31)14-12-22)28(36)20-35(41(5,38)39)25-18-24(32)15-16-27(25)40-4/h6-16,18,26H,17,19-20H2,1-5H3,(H,33,37). The molecule has 3 rings (SSSR count). The van der Waals surface area contributed by atoms with Gasteiger partial charge in [0.2, 0.25) is 21.8 Å². The summed E-state index contributed by atoms with van der Waals surface area (Å²) in [5.74, 6) is -0.679. The monoisotopic (exact) mass is 663 g/mol. The van der Waals surface area contributed by atoms with Gasteiger partial charge in [-0.3, -0.25) is 13.9 Å². The van der Waals surface area contributed by atoms with Gasteiger partial charge in [-0.2, -0.15) is 0 Å². The summed E-state index contributed by atoms with van der Waals surface area (Å²) in [4.78, 5) is 29.4. The highest BCUT2D eigenvalue weighted by Gasteiger charge is 2.35. The zero-order chi connectivity index (χ0) is 30.4. The van der Waals surface area contributed by atoms with E-state index in [0.717, 1.165) is 26.2 Å². The molecule has 0 aliphatic heterocycles. The number of nitrogens with zero attached hydrogens (tertiary/aromatic N) is 2. The van der Waals surface area contributed by atoms with Crippen molar-refractivity contribution in [3.05, 3.63) is 93.4 Å². The lowest BCUT2D eigenvalue weighted by atomic mass is 10.0. The molecule has 0 saturated heterocycles. The van der Waals surface area contributed by atoms with E-state index in [1.807, 2.05) is 75.4 Å². The van der Waals surface area contributed by atoms with Crippen molar-refractivity contribution in [2.75, 3.05) is 24.2 Å². The van der Waals surface area contributed by atoms with Crippen LogP contribution in [0.2, 0.25) is 5.02 Å². The molecular formula is C30H35BrClN3O5S. The zero-order valence-electron chi connectivity index (χ0n) is 23.7. The number of nitrogens with one attached hydrogen (secondary N) is 1. The minimum Gasteiger partial charge on any atom is -0.495 e. The molecule has 0 bridgehead atoms. The van der Waals surface area contributed by atoms with Crippen molar-refractivity contribution in [2.24, 2.45) is 0 Å². The van der Waals surface area contributed by atoms with Gasteiger partial charge in [0.05, 0.1) is 19.1 Å². The highest BCUT2D eigenvalue weighted by Crippen LogP contribution is 2.33. The van der Waals surface area contributed by atoms with Crippen LogP contribution in [0.25, 0.3) is 0 Å². The molecule has 1 atom stereocenters. The van der Waals surface area contributed by atoms with E-state index in [2.05, 4.69) is 21.2 Å². The number of hydrogen-bond donors (Lipinski definition) is 1. The maximum absolute atomic E-state index is 14.2. The molecule has 3 aromatic rings. The third-order valence-corrected chi connectivity index (χ3v) is 8.01. The second-order valence-electron chi connectivity index (χ2n) is 10.7. The minimum atomic E-state index is -3.97. The van der Waals surface area contributed by atoms with Gasteiger partial charge in [-0.25, -0.2) is 8.42 Å². The summed E-state index contributed by atoms with van der Waals surface area (Å²) in [6, 6.07) is 20.4. The first-order chi connectivity index (χ1) is 19.2. The molecule has 0 spiro atoms. The Morgan fingerprint density at radius 2 is 1.63 bits per heavy atom. The average Bonchev–Trinajstić information content (AvgIpc) is 2.89. The summed E-state index contributed by atoms with van der Waals surface area (Å²) in [7, 11) is -2.56. The number of methoxy groups -OCH3 is 1. The Hall–Kier alpha value is -3.08. The maximum atomic E-state index is 14.2. The number of carbonyl (C=O) groups excluding carboxylic acids is 2. The first-order valence-electron chi connectivity index (χ1n) is 12.9. The van der Waals surface area contributed by atoms with Crippen molar-refractivity contribution in [3.8, 4) is 5.75 Å². The van der Waals surface area contributed by atoms with Crippen LogP contribution in [-0.4, -0.2) is 56.6 Å². The predicted molar refractivity (Wildman–Crippen MR) is 167 cm³/mol. The quantitative estimate of drug-likeness (QED) is 0.295. The zero-order valence-corrected chi connectivity index (χ0v) is 26.9. The highest BCUT2D eigenvalue weighted by atomic mass is 79.9. The number of hydrogen-bond acceptors (Lipinski definition) is 5. The second-order valence-corrected chi connectivity index (χ2v) is 13.9. The Morgan fingerprint density at radius 3 is 2.20 bits per heavy atom. The van der Waals surface area contributed by atoms with Crippen LogP contribution >= 0.6 is 27.5 Å². The van der Waals surface area contributed by atoms with Gasteiger partial charge in [0.25, 0.3) is 0 Å². The summed E-state index contributed by atoms with van der Waals surface area (Å²) in [6.07, 6.45) is 1.23. The number of ether oxygens (including phenoxy) is 1. The molecule has 220 valence electrons. The fourth-order valence-electron chi connectivity index (χ4n) is 4.25. The topological polar surface area (TPSA) is 96.0 Å². The van der Waals surface area contributed by atoms with Gasteiger partial charge in [0.1, 0.15) is 18.3 Å². The van der Waals surface area contributed by atoms with E-state index in [1.54, 1.807) is 6.07 Å².